The summed E-state index contributed by atoms with van der Waals surface area (Å²) in [5.74, 6) is 0. The summed E-state index contributed by atoms with van der Waals surface area (Å²) in [6.07, 6.45) is 5.36. The number of aromatic nitrogens is 3. The Hall–Kier alpha value is -0.550. The molecule has 1 aromatic heterocycles. The second-order valence-electron chi connectivity index (χ2n) is 3.33. The molecule has 1 aromatic rings. The average molecular weight is 198 g/mol. The van der Waals surface area contributed by atoms with Gasteiger partial charge in [-0.2, -0.15) is 5.10 Å². The van der Waals surface area contributed by atoms with Crippen LogP contribution in [0.15, 0.2) is 11.5 Å². The Morgan fingerprint density at radius 3 is 3.15 bits per heavy atom. The van der Waals surface area contributed by atoms with E-state index in [0.29, 0.717) is 11.3 Å². The molecule has 0 bridgehead atoms. The first-order chi connectivity index (χ1) is 6.38. The Balaban J connectivity index is 1.84. The molecule has 1 aliphatic rings. The van der Waals surface area contributed by atoms with Crippen molar-refractivity contribution in [2.45, 2.75) is 35.7 Å². The van der Waals surface area contributed by atoms with Crippen LogP contribution in [0.4, 0.5) is 0 Å². The Bertz CT molecular complexity index is 249. The molecule has 0 radical (unpaired) electrons. The van der Waals surface area contributed by atoms with Crippen molar-refractivity contribution >= 4 is 11.8 Å². The zero-order valence-electron chi connectivity index (χ0n) is 7.66. The lowest BCUT2D eigenvalue weighted by Crippen LogP contribution is -2.21. The Morgan fingerprint density at radius 1 is 1.62 bits per heavy atom. The summed E-state index contributed by atoms with van der Waals surface area (Å²) in [4.78, 5) is 4.11. The van der Waals surface area contributed by atoms with Crippen LogP contribution in [0.25, 0.3) is 0 Å². The lowest BCUT2D eigenvalue weighted by Gasteiger charge is -2.07. The van der Waals surface area contributed by atoms with E-state index >= 15 is 0 Å². The van der Waals surface area contributed by atoms with E-state index in [2.05, 4.69) is 20.5 Å². The smallest absolute Gasteiger partial charge is 0.183 e. The monoisotopic (exact) mass is 198 g/mol. The lowest BCUT2D eigenvalue weighted by molar-refractivity contribution is 0.583. The van der Waals surface area contributed by atoms with Crippen LogP contribution in [0.5, 0.6) is 0 Å². The third kappa shape index (κ3) is 2.22. The normalized spacial score (nSPS) is 28.1. The van der Waals surface area contributed by atoms with E-state index < -0.39 is 0 Å². The van der Waals surface area contributed by atoms with Crippen LogP contribution in [0.2, 0.25) is 0 Å². The zero-order chi connectivity index (χ0) is 9.10. The van der Waals surface area contributed by atoms with Gasteiger partial charge in [0.1, 0.15) is 6.33 Å². The highest BCUT2D eigenvalue weighted by atomic mass is 32.2. The van der Waals surface area contributed by atoms with Gasteiger partial charge in [0, 0.05) is 11.3 Å². The fourth-order valence-electron chi connectivity index (χ4n) is 1.72. The minimum atomic E-state index is 0.695. The van der Waals surface area contributed by atoms with E-state index in [1.54, 1.807) is 6.33 Å². The molecule has 0 spiro atoms. The van der Waals surface area contributed by atoms with Gasteiger partial charge < -0.3 is 5.32 Å². The van der Waals surface area contributed by atoms with Crippen molar-refractivity contribution in [3.05, 3.63) is 6.33 Å². The molecule has 72 valence electrons. The van der Waals surface area contributed by atoms with E-state index in [4.69, 9.17) is 0 Å². The van der Waals surface area contributed by atoms with Crippen LogP contribution in [0.3, 0.4) is 0 Å². The summed E-state index contributed by atoms with van der Waals surface area (Å²) in [6, 6.07) is 0.695. The van der Waals surface area contributed by atoms with Gasteiger partial charge in [-0.15, -0.1) is 0 Å². The zero-order valence-corrected chi connectivity index (χ0v) is 8.47. The molecule has 2 atom stereocenters. The van der Waals surface area contributed by atoms with Gasteiger partial charge in [0.05, 0.1) is 0 Å². The number of nitrogens with zero attached hydrogens (tertiary/aromatic N) is 2. The molecule has 0 amide bonds. The molecule has 1 saturated carbocycles. The van der Waals surface area contributed by atoms with Crippen molar-refractivity contribution in [2.24, 2.45) is 0 Å². The quantitative estimate of drug-likeness (QED) is 0.762. The molecular weight excluding hydrogens is 184 g/mol. The number of rotatable bonds is 3. The van der Waals surface area contributed by atoms with Gasteiger partial charge in [-0.1, -0.05) is 11.8 Å². The van der Waals surface area contributed by atoms with Gasteiger partial charge >= 0.3 is 0 Å². The number of thioether (sulfide) groups is 1. The topological polar surface area (TPSA) is 53.6 Å². The molecule has 0 aromatic carbocycles. The van der Waals surface area contributed by atoms with Crippen LogP contribution in [-0.2, 0) is 0 Å². The average Bonchev–Trinajstić information content (AvgIpc) is 2.76. The Morgan fingerprint density at radius 2 is 2.54 bits per heavy atom. The number of hydrogen-bond acceptors (Lipinski definition) is 4. The number of H-pyrrole nitrogens is 1. The van der Waals surface area contributed by atoms with Crippen molar-refractivity contribution < 1.29 is 0 Å². The molecule has 0 aliphatic heterocycles. The van der Waals surface area contributed by atoms with E-state index in [1.165, 1.54) is 19.3 Å². The summed E-state index contributed by atoms with van der Waals surface area (Å²) >= 11 is 1.81. The van der Waals surface area contributed by atoms with Crippen molar-refractivity contribution in [1.29, 1.82) is 0 Å². The third-order valence-corrected chi connectivity index (χ3v) is 3.65. The fraction of sp³-hybridized carbons (Fsp3) is 0.750. The summed E-state index contributed by atoms with van der Waals surface area (Å²) in [5, 5.41) is 11.7. The van der Waals surface area contributed by atoms with Crippen LogP contribution in [0, 0.1) is 0 Å². The predicted octanol–water partition coefficient (Wildman–Crippen LogP) is 1.04. The van der Waals surface area contributed by atoms with E-state index in [0.717, 1.165) is 5.16 Å². The van der Waals surface area contributed by atoms with Gasteiger partial charge in [0.15, 0.2) is 5.16 Å². The summed E-state index contributed by atoms with van der Waals surface area (Å²) in [6.45, 7) is 0. The number of hydrogen-bond donors (Lipinski definition) is 2. The maximum absolute atomic E-state index is 4.11. The molecule has 1 aliphatic carbocycles. The van der Waals surface area contributed by atoms with Crippen LogP contribution in [-0.4, -0.2) is 33.5 Å². The van der Waals surface area contributed by atoms with Crippen molar-refractivity contribution in [2.75, 3.05) is 7.05 Å². The molecular formula is C8H14N4S. The molecule has 0 saturated heterocycles. The molecule has 13 heavy (non-hydrogen) atoms. The minimum Gasteiger partial charge on any atom is -0.317 e. The largest absolute Gasteiger partial charge is 0.317 e. The molecule has 2 unspecified atom stereocenters. The molecule has 2 rings (SSSR count). The van der Waals surface area contributed by atoms with E-state index in [-0.39, 0.29) is 0 Å². The van der Waals surface area contributed by atoms with Crippen molar-refractivity contribution in [1.82, 2.24) is 20.5 Å². The van der Waals surface area contributed by atoms with E-state index in [1.807, 2.05) is 18.8 Å². The van der Waals surface area contributed by atoms with Crippen LogP contribution < -0.4 is 5.32 Å². The highest BCUT2D eigenvalue weighted by Crippen LogP contribution is 2.32. The first-order valence-electron chi connectivity index (χ1n) is 4.58. The molecule has 2 N–H and O–H groups in total. The van der Waals surface area contributed by atoms with Gasteiger partial charge in [0.2, 0.25) is 0 Å². The third-order valence-electron chi connectivity index (χ3n) is 2.46. The van der Waals surface area contributed by atoms with Crippen molar-refractivity contribution in [3.8, 4) is 0 Å². The van der Waals surface area contributed by atoms with E-state index in [9.17, 15) is 0 Å². The maximum Gasteiger partial charge on any atom is 0.183 e. The molecule has 4 nitrogen and oxygen atoms in total. The first-order valence-corrected chi connectivity index (χ1v) is 5.45. The number of aromatic amines is 1. The lowest BCUT2D eigenvalue weighted by atomic mass is 10.3. The standard InChI is InChI=1S/C8H14N4S/c1-9-6-2-3-7(4-6)13-8-10-5-11-12-8/h5-7,9H,2-4H2,1H3,(H,10,11,12). The highest BCUT2D eigenvalue weighted by molar-refractivity contribution is 7.99. The summed E-state index contributed by atoms with van der Waals surface area (Å²) < 4.78 is 0. The fourth-order valence-corrected chi connectivity index (χ4v) is 2.83. The number of nitrogens with one attached hydrogen (secondary N) is 2. The predicted molar refractivity (Wildman–Crippen MR) is 52.7 cm³/mol. The van der Waals surface area contributed by atoms with Crippen LogP contribution >= 0.6 is 11.8 Å². The molecule has 5 heteroatoms. The van der Waals surface area contributed by atoms with Crippen LogP contribution in [0.1, 0.15) is 19.3 Å². The van der Waals surface area contributed by atoms with Gasteiger partial charge in [-0.3, -0.25) is 5.10 Å². The summed E-state index contributed by atoms with van der Waals surface area (Å²) in [7, 11) is 2.03. The minimum absolute atomic E-state index is 0.695. The molecule has 1 heterocycles. The second kappa shape index (κ2) is 4.11. The second-order valence-corrected chi connectivity index (χ2v) is 4.62. The first kappa shape index (κ1) is 9.02. The Labute approximate surface area is 81.9 Å². The maximum atomic E-state index is 4.11. The van der Waals surface area contributed by atoms with Crippen molar-refractivity contribution in [3.63, 3.8) is 0 Å². The SMILES string of the molecule is CNC1CCC(Sc2ncn[nH]2)C1. The Kier molecular flexibility index (Phi) is 2.85. The van der Waals surface area contributed by atoms with Gasteiger partial charge in [-0.05, 0) is 26.3 Å². The van der Waals surface area contributed by atoms with Gasteiger partial charge in [-0.25, -0.2) is 4.98 Å². The molecule has 1 fully saturated rings. The highest BCUT2D eigenvalue weighted by Gasteiger charge is 2.24. The van der Waals surface area contributed by atoms with Gasteiger partial charge in [0.25, 0.3) is 0 Å². The summed E-state index contributed by atoms with van der Waals surface area (Å²) in [5.41, 5.74) is 0.